The van der Waals surface area contributed by atoms with E-state index in [-0.39, 0.29) is 25.1 Å². The number of hydrogen-bond acceptors (Lipinski definition) is 5. The van der Waals surface area contributed by atoms with Crippen LogP contribution in [-0.2, 0) is 19.1 Å². The van der Waals surface area contributed by atoms with Crippen LogP contribution in [0.1, 0.15) is 91.5 Å². The number of unbranched alkanes of at least 4 members (excludes halogenated alkanes) is 6. The first-order valence-corrected chi connectivity index (χ1v) is 12.5. The van der Waals surface area contributed by atoms with Crippen molar-refractivity contribution in [2.45, 2.75) is 86.0 Å². The molecule has 0 aromatic heterocycles. The molecule has 1 rings (SSSR count). The summed E-state index contributed by atoms with van der Waals surface area (Å²) in [5.41, 5.74) is 0.457. The largest absolute Gasteiger partial charge is 0.494 e. The van der Waals surface area contributed by atoms with Gasteiger partial charge in [0.1, 0.15) is 5.75 Å². The van der Waals surface area contributed by atoms with Crippen LogP contribution in [0, 0.1) is 11.3 Å². The lowest BCUT2D eigenvalue weighted by atomic mass is 9.96. The molecule has 0 N–H and O–H groups in total. The van der Waals surface area contributed by atoms with Crippen molar-refractivity contribution in [3.8, 4) is 5.75 Å². The first-order valence-electron chi connectivity index (χ1n) is 12.5. The number of hydrogen-bond donors (Lipinski definition) is 0. The molecule has 1 unspecified atom stereocenters. The number of esters is 2. The van der Waals surface area contributed by atoms with Gasteiger partial charge in [0.25, 0.3) is 0 Å². The molecule has 33 heavy (non-hydrogen) atoms. The summed E-state index contributed by atoms with van der Waals surface area (Å²) in [6.07, 6.45) is 12.7. The number of benzene rings is 1. The van der Waals surface area contributed by atoms with Crippen LogP contribution in [-0.4, -0.2) is 31.8 Å². The lowest BCUT2D eigenvalue weighted by molar-refractivity contribution is -0.153. The first kappa shape index (κ1) is 28.7. The summed E-state index contributed by atoms with van der Waals surface area (Å²) in [4.78, 5) is 23.9. The summed E-state index contributed by atoms with van der Waals surface area (Å²) in [5, 5.41) is 0. The fourth-order valence-electron chi connectivity index (χ4n) is 3.02. The molecule has 5 heteroatoms. The minimum Gasteiger partial charge on any atom is -0.494 e. The second kappa shape index (κ2) is 16.3. The molecule has 1 aromatic rings. The molecule has 0 amide bonds. The van der Waals surface area contributed by atoms with Crippen LogP contribution >= 0.6 is 0 Å². The van der Waals surface area contributed by atoms with Gasteiger partial charge in [-0.3, -0.25) is 4.79 Å². The highest BCUT2D eigenvalue weighted by Crippen LogP contribution is 2.18. The lowest BCUT2D eigenvalue weighted by Crippen LogP contribution is -2.29. The zero-order valence-corrected chi connectivity index (χ0v) is 21.4. The highest BCUT2D eigenvalue weighted by molar-refractivity contribution is 5.87. The van der Waals surface area contributed by atoms with Crippen LogP contribution in [0.2, 0.25) is 0 Å². The van der Waals surface area contributed by atoms with Crippen molar-refractivity contribution < 1.29 is 23.8 Å². The average molecular weight is 461 g/mol. The molecule has 0 saturated heterocycles. The second-order valence-electron chi connectivity index (χ2n) is 9.56. The van der Waals surface area contributed by atoms with Gasteiger partial charge in [-0.05, 0) is 36.6 Å². The van der Waals surface area contributed by atoms with Crippen molar-refractivity contribution >= 4 is 18.0 Å². The predicted molar refractivity (Wildman–Crippen MR) is 134 cm³/mol. The highest BCUT2D eigenvalue weighted by Gasteiger charge is 2.23. The molecule has 0 heterocycles. The van der Waals surface area contributed by atoms with E-state index >= 15 is 0 Å². The van der Waals surface area contributed by atoms with Gasteiger partial charge in [-0.1, -0.05) is 85.3 Å². The number of carbonyl (C=O) groups excluding carboxylic acids is 2. The topological polar surface area (TPSA) is 61.8 Å². The fourth-order valence-corrected chi connectivity index (χ4v) is 3.02. The molecule has 1 aromatic carbocycles. The number of rotatable bonds is 17. The smallest absolute Gasteiger partial charge is 0.330 e. The SMILES string of the molecule is CCCCCCCCCOc1ccc(/C=C/C(=O)OCC(C)(C)COC(=O)C(C)CC)cc1. The molecule has 0 aliphatic carbocycles. The van der Waals surface area contributed by atoms with E-state index < -0.39 is 11.4 Å². The minimum absolute atomic E-state index is 0.122. The number of carbonyl (C=O) groups is 2. The minimum atomic E-state index is -0.443. The van der Waals surface area contributed by atoms with Crippen LogP contribution in [0.3, 0.4) is 0 Å². The Morgan fingerprint density at radius 1 is 0.909 bits per heavy atom. The molecule has 0 aliphatic rings. The zero-order chi connectivity index (χ0) is 24.5. The molecule has 1 atom stereocenters. The van der Waals surface area contributed by atoms with Crippen molar-refractivity contribution in [2.24, 2.45) is 11.3 Å². The molecule has 0 radical (unpaired) electrons. The standard InChI is InChI=1S/C28H44O5/c1-6-8-9-10-11-12-13-20-31-25-17-14-24(15-18-25)16-19-26(29)32-21-28(4,5)22-33-27(30)23(3)7-2/h14-19,23H,6-13,20-22H2,1-5H3/b19-16+. The zero-order valence-electron chi connectivity index (χ0n) is 21.4. The fraction of sp³-hybridized carbons (Fsp3) is 0.643. The summed E-state index contributed by atoms with van der Waals surface area (Å²) in [6.45, 7) is 11.0. The quantitative estimate of drug-likeness (QED) is 0.142. The van der Waals surface area contributed by atoms with Crippen LogP contribution < -0.4 is 4.74 Å². The van der Waals surface area contributed by atoms with E-state index in [1.807, 2.05) is 52.0 Å². The van der Waals surface area contributed by atoms with E-state index in [1.54, 1.807) is 6.08 Å². The third kappa shape index (κ3) is 13.8. The Kier molecular flexibility index (Phi) is 14.2. The Bertz CT molecular complexity index is 706. The van der Waals surface area contributed by atoms with Crippen molar-refractivity contribution in [3.63, 3.8) is 0 Å². The molecule has 0 bridgehead atoms. The van der Waals surface area contributed by atoms with E-state index in [0.717, 1.165) is 30.8 Å². The molecule has 0 fully saturated rings. The maximum atomic E-state index is 12.1. The molecule has 0 aliphatic heterocycles. The van der Waals surface area contributed by atoms with E-state index in [0.29, 0.717) is 0 Å². The Balaban J connectivity index is 2.29. The predicted octanol–water partition coefficient (Wildman–Crippen LogP) is 6.99. The summed E-state index contributed by atoms with van der Waals surface area (Å²) in [6, 6.07) is 7.67. The monoisotopic (exact) mass is 460 g/mol. The Labute approximate surface area is 200 Å². The van der Waals surface area contributed by atoms with Crippen molar-refractivity contribution in [2.75, 3.05) is 19.8 Å². The lowest BCUT2D eigenvalue weighted by Gasteiger charge is -2.24. The summed E-state index contributed by atoms with van der Waals surface area (Å²) < 4.78 is 16.5. The maximum Gasteiger partial charge on any atom is 0.330 e. The molecular weight excluding hydrogens is 416 g/mol. The van der Waals surface area contributed by atoms with Gasteiger partial charge in [-0.25, -0.2) is 4.79 Å². The number of ether oxygens (including phenoxy) is 3. The molecule has 5 nitrogen and oxygen atoms in total. The third-order valence-electron chi connectivity index (χ3n) is 5.53. The van der Waals surface area contributed by atoms with Crippen molar-refractivity contribution in [3.05, 3.63) is 35.9 Å². The Morgan fingerprint density at radius 3 is 2.15 bits per heavy atom. The van der Waals surface area contributed by atoms with Crippen molar-refractivity contribution in [1.82, 2.24) is 0 Å². The van der Waals surface area contributed by atoms with Crippen LogP contribution in [0.5, 0.6) is 5.75 Å². The average Bonchev–Trinajstić information content (AvgIpc) is 2.82. The van der Waals surface area contributed by atoms with Gasteiger partial charge in [-0.15, -0.1) is 0 Å². The second-order valence-corrected chi connectivity index (χ2v) is 9.56. The Morgan fingerprint density at radius 2 is 1.52 bits per heavy atom. The van der Waals surface area contributed by atoms with Crippen LogP contribution in [0.4, 0.5) is 0 Å². The van der Waals surface area contributed by atoms with E-state index in [9.17, 15) is 9.59 Å². The van der Waals surface area contributed by atoms with E-state index in [2.05, 4.69) is 6.92 Å². The molecule has 0 saturated carbocycles. The van der Waals surface area contributed by atoms with Crippen molar-refractivity contribution in [1.29, 1.82) is 0 Å². The third-order valence-corrected chi connectivity index (χ3v) is 5.53. The summed E-state index contributed by atoms with van der Waals surface area (Å²) in [5.74, 6) is 0.0833. The normalized spacial score (nSPS) is 12.5. The summed E-state index contributed by atoms with van der Waals surface area (Å²) >= 11 is 0. The maximum absolute atomic E-state index is 12.1. The van der Waals surface area contributed by atoms with Gasteiger partial charge in [0, 0.05) is 11.5 Å². The molecule has 186 valence electrons. The van der Waals surface area contributed by atoms with Crippen LogP contribution in [0.25, 0.3) is 6.08 Å². The molecular formula is C28H44O5. The van der Waals surface area contributed by atoms with Gasteiger partial charge in [0.15, 0.2) is 0 Å². The highest BCUT2D eigenvalue weighted by atomic mass is 16.5. The van der Waals surface area contributed by atoms with E-state index in [4.69, 9.17) is 14.2 Å². The van der Waals surface area contributed by atoms with Gasteiger partial charge in [0.2, 0.25) is 0 Å². The summed E-state index contributed by atoms with van der Waals surface area (Å²) in [7, 11) is 0. The van der Waals surface area contributed by atoms with Gasteiger partial charge in [0.05, 0.1) is 25.7 Å². The van der Waals surface area contributed by atoms with Crippen LogP contribution in [0.15, 0.2) is 30.3 Å². The van der Waals surface area contributed by atoms with E-state index in [1.165, 1.54) is 44.6 Å². The van der Waals surface area contributed by atoms with Gasteiger partial charge in [-0.2, -0.15) is 0 Å². The molecule has 0 spiro atoms. The van der Waals surface area contributed by atoms with Gasteiger partial charge >= 0.3 is 11.9 Å². The Hall–Kier alpha value is -2.30. The van der Waals surface area contributed by atoms with Gasteiger partial charge < -0.3 is 14.2 Å². The first-order chi connectivity index (χ1) is 15.8.